The van der Waals surface area contributed by atoms with Crippen molar-refractivity contribution >= 4 is 38.9 Å². The summed E-state index contributed by atoms with van der Waals surface area (Å²) in [6.07, 6.45) is 1.58. The van der Waals surface area contributed by atoms with E-state index in [4.69, 9.17) is 11.5 Å². The van der Waals surface area contributed by atoms with Crippen LogP contribution < -0.4 is 11.5 Å². The van der Waals surface area contributed by atoms with Gasteiger partial charge >= 0.3 is 0 Å². The minimum absolute atomic E-state index is 0.0271. The lowest BCUT2D eigenvalue weighted by Crippen LogP contribution is -2.43. The molecule has 0 spiro atoms. The van der Waals surface area contributed by atoms with Gasteiger partial charge in [0.2, 0.25) is 5.91 Å². The predicted molar refractivity (Wildman–Crippen MR) is 84.1 cm³/mol. The highest BCUT2D eigenvalue weighted by Gasteiger charge is 2.28. The quantitative estimate of drug-likeness (QED) is 0.829. The lowest BCUT2D eigenvalue weighted by Gasteiger charge is -2.30. The van der Waals surface area contributed by atoms with Crippen LogP contribution in [-0.4, -0.2) is 29.8 Å². The Hall–Kier alpha value is -2.08. The summed E-state index contributed by atoms with van der Waals surface area (Å²) in [7, 11) is 0. The maximum absolute atomic E-state index is 12.6. The van der Waals surface area contributed by atoms with Crippen molar-refractivity contribution in [3.05, 3.63) is 29.1 Å². The number of piperidine rings is 1. The molecule has 1 unspecified atom stereocenters. The van der Waals surface area contributed by atoms with Crippen LogP contribution in [0.15, 0.2) is 24.3 Å². The van der Waals surface area contributed by atoms with Crippen molar-refractivity contribution in [2.75, 3.05) is 18.8 Å². The monoisotopic (exact) mass is 303 g/mol. The van der Waals surface area contributed by atoms with Crippen LogP contribution in [0.1, 0.15) is 22.5 Å². The smallest absolute Gasteiger partial charge is 0.263 e. The highest BCUT2D eigenvalue weighted by atomic mass is 32.1. The van der Waals surface area contributed by atoms with Crippen molar-refractivity contribution in [2.24, 2.45) is 11.7 Å². The van der Waals surface area contributed by atoms with Gasteiger partial charge in [0.25, 0.3) is 5.91 Å². The average molecular weight is 303 g/mol. The number of nitrogens with zero attached hydrogens (tertiary/aromatic N) is 1. The first-order valence-electron chi connectivity index (χ1n) is 6.92. The van der Waals surface area contributed by atoms with Crippen molar-refractivity contribution in [1.29, 1.82) is 0 Å². The Morgan fingerprint density at radius 3 is 2.86 bits per heavy atom. The van der Waals surface area contributed by atoms with Crippen molar-refractivity contribution in [1.82, 2.24) is 4.90 Å². The van der Waals surface area contributed by atoms with Crippen LogP contribution >= 0.6 is 11.3 Å². The maximum atomic E-state index is 12.6. The standard InChI is InChI=1S/C15H17N3O2S/c16-11-3-4-12-10(6-11)7-13(21-12)15(20)18-5-1-2-9(8-18)14(17)19/h3-4,6-7,9H,1-2,5,8,16H2,(H2,17,19). The molecule has 1 fully saturated rings. The molecule has 1 aromatic heterocycles. The Morgan fingerprint density at radius 1 is 1.29 bits per heavy atom. The summed E-state index contributed by atoms with van der Waals surface area (Å²) in [4.78, 5) is 26.3. The summed E-state index contributed by atoms with van der Waals surface area (Å²) >= 11 is 1.45. The summed E-state index contributed by atoms with van der Waals surface area (Å²) in [6, 6.07) is 7.49. The van der Waals surface area contributed by atoms with E-state index in [1.807, 2.05) is 24.3 Å². The molecule has 1 saturated heterocycles. The van der Waals surface area contributed by atoms with Gasteiger partial charge in [0.15, 0.2) is 0 Å². The van der Waals surface area contributed by atoms with Crippen LogP contribution in [0.5, 0.6) is 0 Å². The van der Waals surface area contributed by atoms with Crippen molar-refractivity contribution in [3.63, 3.8) is 0 Å². The van der Waals surface area contributed by atoms with Gasteiger partial charge in [0.05, 0.1) is 10.8 Å². The van der Waals surface area contributed by atoms with Gasteiger partial charge in [-0.25, -0.2) is 0 Å². The van der Waals surface area contributed by atoms with Crippen LogP contribution in [0.4, 0.5) is 5.69 Å². The van der Waals surface area contributed by atoms with Crippen LogP contribution in [0, 0.1) is 5.92 Å². The van der Waals surface area contributed by atoms with Crippen LogP contribution in [0.25, 0.3) is 10.1 Å². The summed E-state index contributed by atoms with van der Waals surface area (Å²) in [6.45, 7) is 1.10. The minimum atomic E-state index is -0.323. The van der Waals surface area contributed by atoms with Crippen LogP contribution in [0.3, 0.4) is 0 Å². The molecule has 6 heteroatoms. The summed E-state index contributed by atoms with van der Waals surface area (Å²) in [5.41, 5.74) is 11.8. The van der Waals surface area contributed by atoms with Gasteiger partial charge in [-0.05, 0) is 42.5 Å². The average Bonchev–Trinajstić information content (AvgIpc) is 2.89. The van der Waals surface area contributed by atoms with E-state index < -0.39 is 0 Å². The van der Waals surface area contributed by atoms with Gasteiger partial charge in [-0.1, -0.05) is 0 Å². The molecule has 1 aromatic carbocycles. The molecule has 4 N–H and O–H groups in total. The van der Waals surface area contributed by atoms with Gasteiger partial charge < -0.3 is 16.4 Å². The molecule has 0 aliphatic carbocycles. The second-order valence-electron chi connectivity index (χ2n) is 5.40. The molecule has 1 aliphatic heterocycles. The van der Waals surface area contributed by atoms with E-state index in [0.29, 0.717) is 23.7 Å². The first kappa shape index (κ1) is 13.9. The number of benzene rings is 1. The fourth-order valence-electron chi connectivity index (χ4n) is 2.72. The molecule has 2 aromatic rings. The second-order valence-corrected chi connectivity index (χ2v) is 6.48. The highest BCUT2D eigenvalue weighted by molar-refractivity contribution is 7.20. The van der Waals surface area contributed by atoms with Gasteiger partial charge in [0, 0.05) is 23.5 Å². The Bertz CT molecular complexity index is 710. The molecule has 0 saturated carbocycles. The zero-order chi connectivity index (χ0) is 15.0. The maximum Gasteiger partial charge on any atom is 0.263 e. The lowest BCUT2D eigenvalue weighted by molar-refractivity contribution is -0.123. The first-order chi connectivity index (χ1) is 10.0. The molecule has 3 rings (SSSR count). The van der Waals surface area contributed by atoms with Gasteiger partial charge in [0.1, 0.15) is 0 Å². The first-order valence-corrected chi connectivity index (χ1v) is 7.74. The number of rotatable bonds is 2. The number of carbonyl (C=O) groups is 2. The third kappa shape index (κ3) is 2.71. The second kappa shape index (κ2) is 5.37. The molecule has 5 nitrogen and oxygen atoms in total. The fourth-order valence-corrected chi connectivity index (χ4v) is 3.73. The van der Waals surface area contributed by atoms with Crippen LogP contribution in [-0.2, 0) is 4.79 Å². The van der Waals surface area contributed by atoms with Crippen LogP contribution in [0.2, 0.25) is 0 Å². The highest BCUT2D eigenvalue weighted by Crippen LogP contribution is 2.29. The zero-order valence-electron chi connectivity index (χ0n) is 11.5. The van der Waals surface area contributed by atoms with Gasteiger partial charge in [-0.15, -0.1) is 11.3 Å². The van der Waals surface area contributed by atoms with Crippen molar-refractivity contribution in [2.45, 2.75) is 12.8 Å². The third-order valence-corrected chi connectivity index (χ3v) is 4.97. The number of nitrogens with two attached hydrogens (primary N) is 2. The lowest BCUT2D eigenvalue weighted by atomic mass is 9.97. The molecule has 0 bridgehead atoms. The summed E-state index contributed by atoms with van der Waals surface area (Å²) in [5.74, 6) is -0.579. The van der Waals surface area contributed by atoms with Gasteiger partial charge in [-0.2, -0.15) is 0 Å². The fraction of sp³-hybridized carbons (Fsp3) is 0.333. The number of hydrogen-bond donors (Lipinski definition) is 2. The number of fused-ring (bicyclic) bond motifs is 1. The molecule has 2 amide bonds. The molecule has 2 heterocycles. The van der Waals surface area contributed by atoms with Crippen molar-refractivity contribution < 1.29 is 9.59 Å². The zero-order valence-corrected chi connectivity index (χ0v) is 12.4. The number of thiophene rings is 1. The SMILES string of the molecule is NC(=O)C1CCCN(C(=O)c2cc3cc(N)ccc3s2)C1. The van der Waals surface area contributed by atoms with E-state index in [1.165, 1.54) is 11.3 Å². The van der Waals surface area contributed by atoms with E-state index in [9.17, 15) is 9.59 Å². The van der Waals surface area contributed by atoms with E-state index >= 15 is 0 Å². The number of hydrogen-bond acceptors (Lipinski definition) is 4. The molecule has 110 valence electrons. The Morgan fingerprint density at radius 2 is 2.10 bits per heavy atom. The molecular weight excluding hydrogens is 286 g/mol. The number of primary amides is 1. The number of amides is 2. The van der Waals surface area contributed by atoms with E-state index in [-0.39, 0.29) is 17.7 Å². The summed E-state index contributed by atoms with van der Waals surface area (Å²) < 4.78 is 1.04. The van der Waals surface area contributed by atoms with E-state index in [0.717, 1.165) is 22.9 Å². The normalized spacial score (nSPS) is 18.9. The Balaban J connectivity index is 1.84. The van der Waals surface area contributed by atoms with E-state index in [1.54, 1.807) is 4.90 Å². The number of likely N-dealkylation sites (tertiary alicyclic amines) is 1. The number of anilines is 1. The molecule has 1 aliphatic rings. The topological polar surface area (TPSA) is 89.4 Å². The largest absolute Gasteiger partial charge is 0.399 e. The molecule has 1 atom stereocenters. The third-order valence-electron chi connectivity index (χ3n) is 3.86. The van der Waals surface area contributed by atoms with Gasteiger partial charge in [-0.3, -0.25) is 9.59 Å². The van der Waals surface area contributed by atoms with Crippen molar-refractivity contribution in [3.8, 4) is 0 Å². The molecular formula is C15H17N3O2S. The predicted octanol–water partition coefficient (Wildman–Crippen LogP) is 1.82. The molecule has 0 radical (unpaired) electrons. The number of carbonyl (C=O) groups excluding carboxylic acids is 2. The number of nitrogen functional groups attached to an aromatic ring is 1. The summed E-state index contributed by atoms with van der Waals surface area (Å²) in [5, 5.41) is 0.979. The van der Waals surface area contributed by atoms with E-state index in [2.05, 4.69) is 0 Å². The Kier molecular flexibility index (Phi) is 3.55. The minimum Gasteiger partial charge on any atom is -0.399 e. The molecule has 21 heavy (non-hydrogen) atoms. The Labute approximate surface area is 126 Å².